The zero-order valence-electron chi connectivity index (χ0n) is 9.60. The van der Waals surface area contributed by atoms with Crippen LogP contribution in [0.2, 0.25) is 0 Å². The smallest absolute Gasteiger partial charge is 0.306 e. The molecule has 0 atom stereocenters. The lowest BCUT2D eigenvalue weighted by atomic mass is 10.2. The first-order chi connectivity index (χ1) is 8.19. The van der Waals surface area contributed by atoms with Crippen LogP contribution in [-0.4, -0.2) is 17.7 Å². The van der Waals surface area contributed by atoms with Crippen molar-refractivity contribution in [2.24, 2.45) is 0 Å². The number of furan rings is 1. The Hall–Kier alpha value is -1.97. The molecule has 0 bridgehead atoms. The van der Waals surface area contributed by atoms with Crippen molar-refractivity contribution in [1.29, 1.82) is 0 Å². The second-order valence-corrected chi connectivity index (χ2v) is 3.74. The number of aromatic hydroxyl groups is 1. The Kier molecular flexibility index (Phi) is 3.32. The highest BCUT2D eigenvalue weighted by molar-refractivity contribution is 5.79. The summed E-state index contributed by atoms with van der Waals surface area (Å²) >= 11 is 0. The van der Waals surface area contributed by atoms with Crippen molar-refractivity contribution in [3.63, 3.8) is 0 Å². The average Bonchev–Trinajstić information content (AvgIpc) is 2.68. The number of phenols is 1. The molecular weight excluding hydrogens is 220 g/mol. The number of esters is 1. The Morgan fingerprint density at radius 3 is 3.00 bits per heavy atom. The van der Waals surface area contributed by atoms with Gasteiger partial charge >= 0.3 is 5.97 Å². The second-order valence-electron chi connectivity index (χ2n) is 3.74. The van der Waals surface area contributed by atoms with E-state index in [-0.39, 0.29) is 11.7 Å². The van der Waals surface area contributed by atoms with Crippen LogP contribution in [0.1, 0.15) is 19.1 Å². The minimum absolute atomic E-state index is 0.170. The van der Waals surface area contributed by atoms with Gasteiger partial charge in [-0.3, -0.25) is 4.79 Å². The van der Waals surface area contributed by atoms with Crippen LogP contribution in [0.15, 0.2) is 28.7 Å². The lowest BCUT2D eigenvalue weighted by Crippen LogP contribution is -2.04. The fraction of sp³-hybridized carbons (Fsp3) is 0.308. The van der Waals surface area contributed by atoms with Gasteiger partial charge in [0.25, 0.3) is 0 Å². The summed E-state index contributed by atoms with van der Waals surface area (Å²) in [5.74, 6) is 0.665. The Labute approximate surface area is 98.8 Å². The van der Waals surface area contributed by atoms with E-state index in [1.807, 2.05) is 6.07 Å². The van der Waals surface area contributed by atoms with Gasteiger partial charge in [-0.25, -0.2) is 0 Å². The van der Waals surface area contributed by atoms with Crippen LogP contribution >= 0.6 is 0 Å². The summed E-state index contributed by atoms with van der Waals surface area (Å²) in [6.45, 7) is 2.18. The molecule has 0 spiro atoms. The molecule has 0 radical (unpaired) electrons. The maximum Gasteiger partial charge on any atom is 0.306 e. The molecular formula is C13H14O4. The van der Waals surface area contributed by atoms with E-state index in [1.54, 1.807) is 25.1 Å². The molecule has 0 saturated heterocycles. The maximum atomic E-state index is 11.2. The van der Waals surface area contributed by atoms with Crippen LogP contribution in [0.5, 0.6) is 5.75 Å². The summed E-state index contributed by atoms with van der Waals surface area (Å²) in [7, 11) is 0. The van der Waals surface area contributed by atoms with Gasteiger partial charge in [-0.05, 0) is 25.1 Å². The highest BCUT2D eigenvalue weighted by atomic mass is 16.5. The third-order valence-corrected chi connectivity index (χ3v) is 2.44. The van der Waals surface area contributed by atoms with Gasteiger partial charge in [0, 0.05) is 17.9 Å². The highest BCUT2D eigenvalue weighted by Crippen LogP contribution is 2.24. The Balaban J connectivity index is 2.07. The number of phenolic OH excluding ortho intramolecular Hbond substituents is 1. The van der Waals surface area contributed by atoms with E-state index in [0.717, 1.165) is 11.1 Å². The number of carbonyl (C=O) groups is 1. The summed E-state index contributed by atoms with van der Waals surface area (Å²) in [5.41, 5.74) is 0.629. The normalized spacial score (nSPS) is 10.6. The molecule has 4 heteroatoms. The summed E-state index contributed by atoms with van der Waals surface area (Å²) < 4.78 is 10.3. The molecule has 0 amide bonds. The van der Waals surface area contributed by atoms with Crippen molar-refractivity contribution in [3.05, 3.63) is 30.0 Å². The van der Waals surface area contributed by atoms with Gasteiger partial charge < -0.3 is 14.3 Å². The van der Waals surface area contributed by atoms with Gasteiger partial charge in [-0.15, -0.1) is 0 Å². The number of hydrogen-bond donors (Lipinski definition) is 1. The SMILES string of the molecule is CCOC(=O)CCc1cc2ccc(O)cc2o1. The molecule has 0 fully saturated rings. The number of hydrogen-bond acceptors (Lipinski definition) is 4. The molecule has 1 N–H and O–H groups in total. The van der Waals surface area contributed by atoms with Crippen LogP contribution in [0.25, 0.3) is 11.0 Å². The van der Waals surface area contributed by atoms with E-state index >= 15 is 0 Å². The molecule has 1 aromatic heterocycles. The molecule has 0 saturated carbocycles. The van der Waals surface area contributed by atoms with E-state index in [4.69, 9.17) is 9.15 Å². The predicted octanol–water partition coefficient (Wildman–Crippen LogP) is 2.63. The number of aryl methyl sites for hydroxylation is 1. The van der Waals surface area contributed by atoms with Crippen LogP contribution < -0.4 is 0 Å². The quantitative estimate of drug-likeness (QED) is 0.826. The Bertz CT molecular complexity index is 527. The lowest BCUT2D eigenvalue weighted by Gasteiger charge is -1.98. The van der Waals surface area contributed by atoms with Gasteiger partial charge in [0.05, 0.1) is 13.0 Å². The predicted molar refractivity (Wildman–Crippen MR) is 62.8 cm³/mol. The fourth-order valence-electron chi connectivity index (χ4n) is 1.66. The fourth-order valence-corrected chi connectivity index (χ4v) is 1.66. The summed E-state index contributed by atoms with van der Waals surface area (Å²) in [5, 5.41) is 10.2. The van der Waals surface area contributed by atoms with Crippen molar-refractivity contribution >= 4 is 16.9 Å². The maximum absolute atomic E-state index is 11.2. The molecule has 0 aliphatic rings. The minimum atomic E-state index is -0.226. The van der Waals surface area contributed by atoms with Crippen LogP contribution in [0.3, 0.4) is 0 Å². The van der Waals surface area contributed by atoms with Crippen LogP contribution in [0.4, 0.5) is 0 Å². The molecule has 17 heavy (non-hydrogen) atoms. The van der Waals surface area contributed by atoms with Crippen molar-refractivity contribution in [1.82, 2.24) is 0 Å². The van der Waals surface area contributed by atoms with Crippen molar-refractivity contribution in [2.45, 2.75) is 19.8 Å². The topological polar surface area (TPSA) is 59.7 Å². The summed E-state index contributed by atoms with van der Waals surface area (Å²) in [6, 6.07) is 6.81. The first-order valence-corrected chi connectivity index (χ1v) is 5.56. The molecule has 2 aromatic rings. The summed E-state index contributed by atoms with van der Waals surface area (Å²) in [4.78, 5) is 11.2. The molecule has 2 rings (SSSR count). The number of fused-ring (bicyclic) bond motifs is 1. The second kappa shape index (κ2) is 4.91. The largest absolute Gasteiger partial charge is 0.508 e. The van der Waals surface area contributed by atoms with E-state index in [9.17, 15) is 9.90 Å². The third kappa shape index (κ3) is 2.78. The van der Waals surface area contributed by atoms with E-state index in [1.165, 1.54) is 0 Å². The van der Waals surface area contributed by atoms with Crippen LogP contribution in [-0.2, 0) is 16.0 Å². The monoisotopic (exact) mass is 234 g/mol. The van der Waals surface area contributed by atoms with Crippen LogP contribution in [0, 0.1) is 0 Å². The standard InChI is InChI=1S/C13H14O4/c1-2-16-13(15)6-5-11-7-9-3-4-10(14)8-12(9)17-11/h3-4,7-8,14H,2,5-6H2,1H3. The zero-order valence-corrected chi connectivity index (χ0v) is 9.60. The summed E-state index contributed by atoms with van der Waals surface area (Å²) in [6.07, 6.45) is 0.813. The average molecular weight is 234 g/mol. The highest BCUT2D eigenvalue weighted by Gasteiger charge is 2.07. The number of carbonyl (C=O) groups excluding carboxylic acids is 1. The van der Waals surface area contributed by atoms with E-state index in [2.05, 4.69) is 0 Å². The van der Waals surface area contributed by atoms with Crippen molar-refractivity contribution in [2.75, 3.05) is 6.61 Å². The Morgan fingerprint density at radius 1 is 1.41 bits per heavy atom. The van der Waals surface area contributed by atoms with Gasteiger partial charge in [0.2, 0.25) is 0 Å². The van der Waals surface area contributed by atoms with Gasteiger partial charge in [0.15, 0.2) is 0 Å². The minimum Gasteiger partial charge on any atom is -0.508 e. The number of benzene rings is 1. The Morgan fingerprint density at radius 2 is 2.24 bits per heavy atom. The molecule has 90 valence electrons. The molecule has 0 aliphatic carbocycles. The number of ether oxygens (including phenoxy) is 1. The van der Waals surface area contributed by atoms with Gasteiger partial charge in [0.1, 0.15) is 17.1 Å². The first-order valence-electron chi connectivity index (χ1n) is 5.56. The first kappa shape index (κ1) is 11.5. The van der Waals surface area contributed by atoms with Gasteiger partial charge in [-0.1, -0.05) is 0 Å². The molecule has 1 heterocycles. The zero-order chi connectivity index (χ0) is 12.3. The molecule has 0 aliphatic heterocycles. The van der Waals surface area contributed by atoms with Gasteiger partial charge in [-0.2, -0.15) is 0 Å². The van der Waals surface area contributed by atoms with Crippen molar-refractivity contribution < 1.29 is 19.1 Å². The lowest BCUT2D eigenvalue weighted by molar-refractivity contribution is -0.143. The third-order valence-electron chi connectivity index (χ3n) is 2.44. The van der Waals surface area contributed by atoms with Crippen molar-refractivity contribution in [3.8, 4) is 5.75 Å². The molecule has 1 aromatic carbocycles. The number of rotatable bonds is 4. The van der Waals surface area contributed by atoms with E-state index < -0.39 is 0 Å². The van der Waals surface area contributed by atoms with E-state index in [0.29, 0.717) is 25.0 Å². The molecule has 0 unspecified atom stereocenters. The molecule has 4 nitrogen and oxygen atoms in total.